The van der Waals surface area contributed by atoms with Crippen molar-refractivity contribution >= 4 is 5.78 Å². The second-order valence-corrected chi connectivity index (χ2v) is 4.13. The third kappa shape index (κ3) is 2.50. The van der Waals surface area contributed by atoms with Gasteiger partial charge < -0.3 is 9.30 Å². The molecule has 1 saturated heterocycles. The lowest BCUT2D eigenvalue weighted by atomic mass is 10.1. The minimum Gasteiger partial charge on any atom is -0.378 e. The molecular weight excluding hydrogens is 204 g/mol. The van der Waals surface area contributed by atoms with E-state index < -0.39 is 0 Å². The zero-order valence-electron chi connectivity index (χ0n) is 9.69. The molecule has 0 N–H and O–H groups in total. The molecule has 0 saturated carbocycles. The Morgan fingerprint density at radius 2 is 2.56 bits per heavy atom. The van der Waals surface area contributed by atoms with Gasteiger partial charge in [-0.1, -0.05) is 0 Å². The number of ketones is 1. The van der Waals surface area contributed by atoms with Crippen molar-refractivity contribution in [3.63, 3.8) is 0 Å². The molecule has 0 aliphatic carbocycles. The van der Waals surface area contributed by atoms with E-state index in [2.05, 4.69) is 4.98 Å². The summed E-state index contributed by atoms with van der Waals surface area (Å²) < 4.78 is 7.38. The molecule has 1 aromatic heterocycles. The van der Waals surface area contributed by atoms with Crippen LogP contribution >= 0.6 is 0 Å². The Morgan fingerprint density at radius 3 is 3.25 bits per heavy atom. The van der Waals surface area contributed by atoms with Gasteiger partial charge in [0, 0.05) is 32.0 Å². The number of hydrogen-bond donors (Lipinski definition) is 0. The quantitative estimate of drug-likeness (QED) is 0.716. The van der Waals surface area contributed by atoms with Crippen molar-refractivity contribution in [2.24, 2.45) is 0 Å². The number of imidazole rings is 1. The summed E-state index contributed by atoms with van der Waals surface area (Å²) in [5.74, 6) is 0.711. The summed E-state index contributed by atoms with van der Waals surface area (Å²) in [7, 11) is 0. The zero-order chi connectivity index (χ0) is 11.4. The standard InChI is InChI=1S/C12H18N2O2/c1-2-14-8-7-13-12(14)11(15)6-5-10-4-3-9-16-10/h7-8,10H,2-6,9H2,1H3. The lowest BCUT2D eigenvalue weighted by molar-refractivity contribution is 0.0849. The average molecular weight is 222 g/mol. The average Bonchev–Trinajstić information content (AvgIpc) is 2.96. The van der Waals surface area contributed by atoms with Gasteiger partial charge in [-0.2, -0.15) is 0 Å². The topological polar surface area (TPSA) is 44.1 Å². The van der Waals surface area contributed by atoms with Gasteiger partial charge in [0.1, 0.15) is 0 Å². The van der Waals surface area contributed by atoms with Crippen LogP contribution in [0.4, 0.5) is 0 Å². The minimum absolute atomic E-state index is 0.127. The normalized spacial score (nSPS) is 20.2. The number of hydrogen-bond acceptors (Lipinski definition) is 3. The van der Waals surface area contributed by atoms with E-state index in [-0.39, 0.29) is 11.9 Å². The van der Waals surface area contributed by atoms with Crippen molar-refractivity contribution in [3.8, 4) is 0 Å². The van der Waals surface area contributed by atoms with Crippen molar-refractivity contribution in [2.45, 2.75) is 45.3 Å². The number of carbonyl (C=O) groups is 1. The fourth-order valence-electron chi connectivity index (χ4n) is 2.09. The van der Waals surface area contributed by atoms with Crippen LogP contribution < -0.4 is 0 Å². The van der Waals surface area contributed by atoms with Crippen LogP contribution in [0.2, 0.25) is 0 Å². The molecule has 0 bridgehead atoms. The third-order valence-electron chi connectivity index (χ3n) is 3.02. The maximum Gasteiger partial charge on any atom is 0.198 e. The second kappa shape index (κ2) is 5.25. The van der Waals surface area contributed by atoms with Gasteiger partial charge in [0.2, 0.25) is 0 Å². The van der Waals surface area contributed by atoms with Crippen molar-refractivity contribution < 1.29 is 9.53 Å². The smallest absolute Gasteiger partial charge is 0.198 e. The molecule has 4 heteroatoms. The van der Waals surface area contributed by atoms with Crippen LogP contribution in [0.5, 0.6) is 0 Å². The summed E-state index contributed by atoms with van der Waals surface area (Å²) in [5, 5.41) is 0. The molecule has 2 rings (SSSR count). The number of aryl methyl sites for hydroxylation is 1. The van der Waals surface area contributed by atoms with E-state index in [0.29, 0.717) is 12.2 Å². The van der Waals surface area contributed by atoms with Gasteiger partial charge in [-0.3, -0.25) is 4.79 Å². The molecule has 88 valence electrons. The molecule has 4 nitrogen and oxygen atoms in total. The summed E-state index contributed by atoms with van der Waals surface area (Å²) in [6, 6.07) is 0. The Labute approximate surface area is 95.6 Å². The highest BCUT2D eigenvalue weighted by molar-refractivity contribution is 5.92. The molecule has 1 unspecified atom stereocenters. The van der Waals surface area contributed by atoms with Gasteiger partial charge in [0.15, 0.2) is 11.6 Å². The summed E-state index contributed by atoms with van der Waals surface area (Å²) in [5.41, 5.74) is 0. The maximum atomic E-state index is 11.9. The van der Waals surface area contributed by atoms with E-state index in [4.69, 9.17) is 4.74 Å². The van der Waals surface area contributed by atoms with E-state index in [1.807, 2.05) is 17.7 Å². The zero-order valence-corrected chi connectivity index (χ0v) is 9.69. The molecule has 0 spiro atoms. The highest BCUT2D eigenvalue weighted by Gasteiger charge is 2.18. The predicted octanol–water partition coefficient (Wildman–Crippen LogP) is 2.04. The molecular formula is C12H18N2O2. The summed E-state index contributed by atoms with van der Waals surface area (Å²) >= 11 is 0. The maximum absolute atomic E-state index is 11.9. The van der Waals surface area contributed by atoms with E-state index in [9.17, 15) is 4.79 Å². The molecule has 1 atom stereocenters. The number of aromatic nitrogens is 2. The highest BCUT2D eigenvalue weighted by atomic mass is 16.5. The van der Waals surface area contributed by atoms with Gasteiger partial charge >= 0.3 is 0 Å². The lowest BCUT2D eigenvalue weighted by Gasteiger charge is -2.08. The Morgan fingerprint density at radius 1 is 1.69 bits per heavy atom. The number of rotatable bonds is 5. The first-order chi connectivity index (χ1) is 7.81. The van der Waals surface area contributed by atoms with E-state index in [0.717, 1.165) is 32.4 Å². The van der Waals surface area contributed by atoms with Crippen LogP contribution in [0.1, 0.15) is 43.2 Å². The van der Waals surface area contributed by atoms with Crippen molar-refractivity contribution in [2.75, 3.05) is 6.61 Å². The number of Topliss-reactive ketones (excluding diaryl/α,β-unsaturated/α-hetero) is 1. The van der Waals surface area contributed by atoms with Gasteiger partial charge in [-0.25, -0.2) is 4.98 Å². The molecule has 1 aliphatic heterocycles. The summed E-state index contributed by atoms with van der Waals surface area (Å²) in [6.45, 7) is 3.65. The highest BCUT2D eigenvalue weighted by Crippen LogP contribution is 2.17. The molecule has 0 radical (unpaired) electrons. The van der Waals surface area contributed by atoms with Crippen molar-refractivity contribution in [1.29, 1.82) is 0 Å². The fraction of sp³-hybridized carbons (Fsp3) is 0.667. The minimum atomic E-state index is 0.127. The van der Waals surface area contributed by atoms with Crippen LogP contribution in [-0.2, 0) is 11.3 Å². The fourth-order valence-corrected chi connectivity index (χ4v) is 2.09. The first-order valence-corrected chi connectivity index (χ1v) is 5.97. The summed E-state index contributed by atoms with van der Waals surface area (Å²) in [4.78, 5) is 16.0. The molecule has 1 fully saturated rings. The number of ether oxygens (including phenoxy) is 1. The first-order valence-electron chi connectivity index (χ1n) is 5.97. The molecule has 0 aromatic carbocycles. The van der Waals surface area contributed by atoms with Crippen LogP contribution in [-0.4, -0.2) is 28.0 Å². The van der Waals surface area contributed by atoms with Crippen LogP contribution in [0.3, 0.4) is 0 Å². The van der Waals surface area contributed by atoms with E-state index in [1.54, 1.807) is 6.20 Å². The van der Waals surface area contributed by atoms with Gasteiger partial charge in [-0.15, -0.1) is 0 Å². The van der Waals surface area contributed by atoms with Crippen LogP contribution in [0.25, 0.3) is 0 Å². The Hall–Kier alpha value is -1.16. The van der Waals surface area contributed by atoms with Gasteiger partial charge in [0.05, 0.1) is 6.10 Å². The number of nitrogens with zero attached hydrogens (tertiary/aromatic N) is 2. The van der Waals surface area contributed by atoms with Crippen LogP contribution in [0, 0.1) is 0 Å². The lowest BCUT2D eigenvalue weighted by Crippen LogP contribution is -2.13. The van der Waals surface area contributed by atoms with E-state index >= 15 is 0 Å². The summed E-state index contributed by atoms with van der Waals surface area (Å²) in [6.07, 6.45) is 7.41. The molecule has 16 heavy (non-hydrogen) atoms. The van der Waals surface area contributed by atoms with E-state index in [1.165, 1.54) is 0 Å². The molecule has 1 aromatic rings. The number of carbonyl (C=O) groups excluding carboxylic acids is 1. The molecule has 0 amide bonds. The van der Waals surface area contributed by atoms with Crippen LogP contribution in [0.15, 0.2) is 12.4 Å². The monoisotopic (exact) mass is 222 g/mol. The molecule has 1 aliphatic rings. The Balaban J connectivity index is 1.87. The van der Waals surface area contributed by atoms with Crippen molar-refractivity contribution in [1.82, 2.24) is 9.55 Å². The SMILES string of the molecule is CCn1ccnc1C(=O)CCC1CCCO1. The first kappa shape index (κ1) is 11.3. The predicted molar refractivity (Wildman–Crippen MR) is 60.4 cm³/mol. The Bertz CT molecular complexity index is 354. The van der Waals surface area contributed by atoms with Gasteiger partial charge in [-0.05, 0) is 26.2 Å². The van der Waals surface area contributed by atoms with Crippen molar-refractivity contribution in [3.05, 3.63) is 18.2 Å². The van der Waals surface area contributed by atoms with Gasteiger partial charge in [0.25, 0.3) is 0 Å². The second-order valence-electron chi connectivity index (χ2n) is 4.13. The third-order valence-corrected chi connectivity index (χ3v) is 3.02. The molecule has 2 heterocycles. The Kier molecular flexibility index (Phi) is 3.72. The largest absolute Gasteiger partial charge is 0.378 e.